The number of aliphatic hydroxyl groups excluding tert-OH is 1. The van der Waals surface area contributed by atoms with Crippen LogP contribution in [0.2, 0.25) is 0 Å². The Labute approximate surface area is 222 Å². The van der Waals surface area contributed by atoms with E-state index in [1.165, 1.54) is 6.07 Å². The largest absolute Gasteiger partial charge is 0.494 e. The van der Waals surface area contributed by atoms with Crippen LogP contribution in [0, 0.1) is 11.6 Å². The van der Waals surface area contributed by atoms with Gasteiger partial charge in [-0.3, -0.25) is 4.79 Å². The lowest BCUT2D eigenvalue weighted by Gasteiger charge is -2.28. The number of hydrogen-bond donors (Lipinski definition) is 2. The zero-order valence-electron chi connectivity index (χ0n) is 20.2. The van der Waals surface area contributed by atoms with E-state index in [1.807, 2.05) is 24.3 Å². The number of halogens is 3. The standard InChI is InChI=1S/C28H27BrF2N2O4/c1-18-28(16-20-5-2-3-6-24(20)29,27(35)32-17-21-7-10-22(30)15-25(21)31)33-26(37-18)19-8-11-23(12-9-19)36-14-4-13-34/h2-3,5-12,15,18,34H,4,13-14,16-17H2,1H3,(H,32,35)/t18-,28-/m1/s1. The van der Waals surface area contributed by atoms with Crippen LogP contribution in [0.25, 0.3) is 0 Å². The Morgan fingerprint density at radius 2 is 1.89 bits per heavy atom. The first kappa shape index (κ1) is 26.8. The molecule has 0 aromatic heterocycles. The average Bonchev–Trinajstić information content (AvgIpc) is 3.22. The van der Waals surface area contributed by atoms with Crippen molar-refractivity contribution in [1.82, 2.24) is 5.32 Å². The van der Waals surface area contributed by atoms with Gasteiger partial charge in [-0.05, 0) is 48.9 Å². The molecule has 3 aromatic carbocycles. The van der Waals surface area contributed by atoms with Crippen molar-refractivity contribution < 1.29 is 28.2 Å². The molecule has 0 unspecified atom stereocenters. The maximum atomic E-state index is 14.2. The zero-order chi connectivity index (χ0) is 26.4. The molecule has 4 rings (SSSR count). The summed E-state index contributed by atoms with van der Waals surface area (Å²) < 4.78 is 40.0. The fraction of sp³-hybridized carbons (Fsp3) is 0.286. The fourth-order valence-corrected chi connectivity index (χ4v) is 4.49. The predicted octanol–water partition coefficient (Wildman–Crippen LogP) is 4.95. The van der Waals surface area contributed by atoms with E-state index >= 15 is 0 Å². The molecule has 0 saturated heterocycles. The van der Waals surface area contributed by atoms with Crippen molar-refractivity contribution in [2.24, 2.45) is 4.99 Å². The number of carbonyl (C=O) groups is 1. The smallest absolute Gasteiger partial charge is 0.252 e. The first-order valence-corrected chi connectivity index (χ1v) is 12.7. The van der Waals surface area contributed by atoms with Gasteiger partial charge in [-0.15, -0.1) is 0 Å². The summed E-state index contributed by atoms with van der Waals surface area (Å²) in [6, 6.07) is 17.9. The Morgan fingerprint density at radius 1 is 1.14 bits per heavy atom. The SMILES string of the molecule is C[C@H]1OC(c2ccc(OCCCO)cc2)=N[C@@]1(Cc1ccccc1Br)C(=O)NCc1ccc(F)cc1F. The molecule has 1 aliphatic rings. The van der Waals surface area contributed by atoms with Gasteiger partial charge in [-0.2, -0.15) is 0 Å². The second-order valence-electron chi connectivity index (χ2n) is 8.74. The van der Waals surface area contributed by atoms with Crippen LogP contribution in [0.4, 0.5) is 8.78 Å². The van der Waals surface area contributed by atoms with Gasteiger partial charge in [-0.25, -0.2) is 13.8 Å². The molecular weight excluding hydrogens is 546 g/mol. The van der Waals surface area contributed by atoms with Crippen LogP contribution in [-0.2, 0) is 22.5 Å². The topological polar surface area (TPSA) is 80.2 Å². The normalized spacial score (nSPS) is 18.7. The monoisotopic (exact) mass is 572 g/mol. The molecule has 9 heteroatoms. The summed E-state index contributed by atoms with van der Waals surface area (Å²) in [6.07, 6.45) is 0.135. The highest BCUT2D eigenvalue weighted by Crippen LogP contribution is 2.34. The molecule has 0 saturated carbocycles. The fourth-order valence-electron chi connectivity index (χ4n) is 4.07. The van der Waals surface area contributed by atoms with Crippen molar-refractivity contribution in [3.8, 4) is 5.75 Å². The zero-order valence-corrected chi connectivity index (χ0v) is 21.8. The van der Waals surface area contributed by atoms with Crippen LogP contribution < -0.4 is 10.1 Å². The lowest BCUT2D eigenvalue weighted by Crippen LogP contribution is -2.52. The molecule has 1 amide bonds. The molecule has 2 N–H and O–H groups in total. The minimum absolute atomic E-state index is 0.0517. The van der Waals surface area contributed by atoms with Crippen LogP contribution >= 0.6 is 15.9 Å². The number of hydrogen-bond acceptors (Lipinski definition) is 5. The van der Waals surface area contributed by atoms with Crippen molar-refractivity contribution in [2.75, 3.05) is 13.2 Å². The molecule has 1 aliphatic heterocycles. The van der Waals surface area contributed by atoms with Gasteiger partial charge in [0.2, 0.25) is 5.90 Å². The molecule has 37 heavy (non-hydrogen) atoms. The summed E-state index contributed by atoms with van der Waals surface area (Å²) in [5.41, 5.74) is 0.372. The molecule has 1 heterocycles. The Balaban J connectivity index is 1.62. The Kier molecular flexibility index (Phi) is 8.56. The van der Waals surface area contributed by atoms with Gasteiger partial charge in [0.25, 0.3) is 5.91 Å². The van der Waals surface area contributed by atoms with E-state index in [9.17, 15) is 13.6 Å². The maximum Gasteiger partial charge on any atom is 0.252 e. The molecule has 6 nitrogen and oxygen atoms in total. The van der Waals surface area contributed by atoms with Crippen molar-refractivity contribution in [2.45, 2.75) is 38.0 Å². The number of nitrogens with zero attached hydrogens (tertiary/aromatic N) is 1. The summed E-state index contributed by atoms with van der Waals surface area (Å²) in [5, 5.41) is 11.7. The molecule has 0 spiro atoms. The highest BCUT2D eigenvalue weighted by molar-refractivity contribution is 9.10. The Bertz CT molecular complexity index is 1290. The third-order valence-corrected chi connectivity index (χ3v) is 6.97. The molecule has 0 radical (unpaired) electrons. The first-order valence-electron chi connectivity index (χ1n) is 11.9. The van der Waals surface area contributed by atoms with Gasteiger partial charge in [0, 0.05) is 47.7 Å². The van der Waals surface area contributed by atoms with Crippen LogP contribution in [0.15, 0.2) is 76.2 Å². The van der Waals surface area contributed by atoms with E-state index in [1.54, 1.807) is 31.2 Å². The molecule has 3 aromatic rings. The van der Waals surface area contributed by atoms with Crippen LogP contribution in [0.3, 0.4) is 0 Å². The highest BCUT2D eigenvalue weighted by Gasteiger charge is 2.50. The van der Waals surface area contributed by atoms with E-state index < -0.39 is 29.2 Å². The minimum Gasteiger partial charge on any atom is -0.494 e. The second kappa shape index (κ2) is 11.8. The highest BCUT2D eigenvalue weighted by atomic mass is 79.9. The number of rotatable bonds is 10. The van der Waals surface area contributed by atoms with Crippen molar-refractivity contribution >= 4 is 27.7 Å². The third kappa shape index (κ3) is 6.17. The van der Waals surface area contributed by atoms with E-state index in [0.717, 1.165) is 22.2 Å². The molecular formula is C28H27BrF2N2O4. The summed E-state index contributed by atoms with van der Waals surface area (Å²) in [5.74, 6) is -0.901. The number of ether oxygens (including phenoxy) is 2. The number of nitrogens with one attached hydrogen (secondary N) is 1. The van der Waals surface area contributed by atoms with Gasteiger partial charge in [0.05, 0.1) is 6.61 Å². The predicted molar refractivity (Wildman–Crippen MR) is 140 cm³/mol. The summed E-state index contributed by atoms with van der Waals surface area (Å²) in [4.78, 5) is 18.5. The van der Waals surface area contributed by atoms with Crippen molar-refractivity contribution in [3.05, 3.63) is 99.5 Å². The van der Waals surface area contributed by atoms with Gasteiger partial charge in [0.15, 0.2) is 5.54 Å². The third-order valence-electron chi connectivity index (χ3n) is 6.20. The Morgan fingerprint density at radius 3 is 2.59 bits per heavy atom. The maximum absolute atomic E-state index is 14.2. The quantitative estimate of drug-likeness (QED) is 0.337. The van der Waals surface area contributed by atoms with Gasteiger partial charge in [-0.1, -0.05) is 40.2 Å². The van der Waals surface area contributed by atoms with E-state index in [2.05, 4.69) is 21.2 Å². The van der Waals surface area contributed by atoms with E-state index in [-0.39, 0.29) is 25.1 Å². The molecule has 0 aliphatic carbocycles. The average molecular weight is 573 g/mol. The summed E-state index contributed by atoms with van der Waals surface area (Å²) >= 11 is 3.55. The first-order chi connectivity index (χ1) is 17.8. The summed E-state index contributed by atoms with van der Waals surface area (Å²) in [6.45, 7) is 2.10. The van der Waals surface area contributed by atoms with Gasteiger partial charge >= 0.3 is 0 Å². The number of aliphatic imine (C=N–C) groups is 1. The van der Waals surface area contributed by atoms with Crippen LogP contribution in [-0.4, -0.2) is 41.8 Å². The van der Waals surface area contributed by atoms with E-state index in [4.69, 9.17) is 19.6 Å². The van der Waals surface area contributed by atoms with Gasteiger partial charge in [0.1, 0.15) is 23.5 Å². The van der Waals surface area contributed by atoms with Crippen LogP contribution in [0.5, 0.6) is 5.75 Å². The molecule has 194 valence electrons. The molecule has 2 atom stereocenters. The Hall–Kier alpha value is -3.30. The number of amides is 1. The summed E-state index contributed by atoms with van der Waals surface area (Å²) in [7, 11) is 0. The van der Waals surface area contributed by atoms with Crippen LogP contribution in [0.1, 0.15) is 30.0 Å². The minimum atomic E-state index is -1.33. The molecule has 0 bridgehead atoms. The van der Waals surface area contributed by atoms with E-state index in [0.29, 0.717) is 30.2 Å². The second-order valence-corrected chi connectivity index (χ2v) is 9.59. The lowest BCUT2D eigenvalue weighted by atomic mass is 9.86. The number of benzene rings is 3. The van der Waals surface area contributed by atoms with Gasteiger partial charge < -0.3 is 19.9 Å². The molecule has 0 fully saturated rings. The number of aliphatic hydroxyl groups is 1. The van der Waals surface area contributed by atoms with Crippen molar-refractivity contribution in [3.63, 3.8) is 0 Å². The lowest BCUT2D eigenvalue weighted by molar-refractivity contribution is -0.128. The number of carbonyl (C=O) groups excluding carboxylic acids is 1. The van der Waals surface area contributed by atoms with Crippen molar-refractivity contribution in [1.29, 1.82) is 0 Å².